The van der Waals surface area contributed by atoms with Gasteiger partial charge in [-0.1, -0.05) is 47.7 Å². The zero-order valence-corrected chi connectivity index (χ0v) is 21.9. The van der Waals surface area contributed by atoms with Crippen molar-refractivity contribution >= 4 is 69.2 Å². The van der Waals surface area contributed by atoms with E-state index < -0.39 is 23.6 Å². The molecule has 0 aromatic heterocycles. The molecule has 3 aromatic carbocycles. The normalized spacial score (nSPS) is 14.7. The summed E-state index contributed by atoms with van der Waals surface area (Å²) < 4.78 is 50.4. The molecule has 0 spiro atoms. The molecule has 1 aliphatic rings. The number of hydrogen-bond acceptors (Lipinski definition) is 6. The second-order valence-electron chi connectivity index (χ2n) is 7.82. The van der Waals surface area contributed by atoms with Gasteiger partial charge in [0.05, 0.1) is 23.3 Å². The molecule has 0 saturated carbocycles. The predicted molar refractivity (Wildman–Crippen MR) is 146 cm³/mol. The number of carbonyl (C=O) groups is 2. The van der Waals surface area contributed by atoms with Crippen molar-refractivity contribution in [3.05, 3.63) is 87.8 Å². The Labute approximate surface area is 230 Å². The third-order valence-electron chi connectivity index (χ3n) is 5.20. The average Bonchev–Trinajstić information content (AvgIpc) is 3.16. The van der Waals surface area contributed by atoms with Crippen LogP contribution in [0.2, 0.25) is 5.02 Å². The molecule has 38 heavy (non-hydrogen) atoms. The van der Waals surface area contributed by atoms with Crippen molar-refractivity contribution in [3.8, 4) is 11.5 Å². The van der Waals surface area contributed by atoms with Gasteiger partial charge in [0.2, 0.25) is 0 Å². The molecular weight excluding hydrogens is 561 g/mol. The molecule has 0 bridgehead atoms. The van der Waals surface area contributed by atoms with E-state index in [4.69, 9.17) is 33.3 Å². The second-order valence-corrected chi connectivity index (χ2v) is 9.93. The number of rotatable bonds is 7. The van der Waals surface area contributed by atoms with Crippen LogP contribution >= 0.6 is 35.6 Å². The first-order valence-corrected chi connectivity index (χ1v) is 12.5. The van der Waals surface area contributed by atoms with Crippen molar-refractivity contribution < 1.29 is 32.2 Å². The highest BCUT2D eigenvalue weighted by Gasteiger charge is 2.36. The molecule has 1 heterocycles. The molecule has 4 rings (SSSR count). The summed E-state index contributed by atoms with van der Waals surface area (Å²) in [4.78, 5) is 26.5. The lowest BCUT2D eigenvalue weighted by atomic mass is 10.1. The van der Waals surface area contributed by atoms with E-state index in [9.17, 15) is 22.8 Å². The summed E-state index contributed by atoms with van der Waals surface area (Å²) in [6, 6.07) is 15.8. The standard InChI is InChI=1S/C26H18ClF3N2O4S2/c1-35-21-11-15(5-10-20(21)36-14-23(33)31-18-8-6-17(27)7-9-18)12-22-24(34)32(25(37)38-22)19-4-2-3-16(13-19)26(28,29)30/h2-13H,14H2,1H3,(H,31,33)/b22-12-. The highest BCUT2D eigenvalue weighted by molar-refractivity contribution is 8.27. The van der Waals surface area contributed by atoms with Crippen LogP contribution in [0.5, 0.6) is 11.5 Å². The molecule has 196 valence electrons. The van der Waals surface area contributed by atoms with Gasteiger partial charge in [0.15, 0.2) is 22.4 Å². The monoisotopic (exact) mass is 578 g/mol. The number of carbonyl (C=O) groups excluding carboxylic acids is 2. The van der Waals surface area contributed by atoms with Crippen LogP contribution in [-0.2, 0) is 15.8 Å². The van der Waals surface area contributed by atoms with Crippen LogP contribution in [-0.4, -0.2) is 29.9 Å². The van der Waals surface area contributed by atoms with Gasteiger partial charge >= 0.3 is 6.18 Å². The first-order valence-electron chi connectivity index (χ1n) is 10.9. The Morgan fingerprint density at radius 2 is 1.84 bits per heavy atom. The van der Waals surface area contributed by atoms with Gasteiger partial charge in [0, 0.05) is 10.7 Å². The number of thioether (sulfide) groups is 1. The van der Waals surface area contributed by atoms with E-state index in [1.54, 1.807) is 48.5 Å². The molecule has 1 aliphatic heterocycles. The van der Waals surface area contributed by atoms with Crippen LogP contribution in [0, 0.1) is 0 Å². The second kappa shape index (κ2) is 11.5. The summed E-state index contributed by atoms with van der Waals surface area (Å²) in [6.07, 6.45) is -3.00. The number of alkyl halides is 3. The Morgan fingerprint density at radius 1 is 1.11 bits per heavy atom. The topological polar surface area (TPSA) is 67.9 Å². The Morgan fingerprint density at radius 3 is 2.53 bits per heavy atom. The zero-order valence-electron chi connectivity index (χ0n) is 19.5. The molecule has 0 atom stereocenters. The number of benzene rings is 3. The third-order valence-corrected chi connectivity index (χ3v) is 6.75. The fraction of sp³-hybridized carbons (Fsp3) is 0.115. The van der Waals surface area contributed by atoms with E-state index in [-0.39, 0.29) is 21.5 Å². The molecule has 0 aliphatic carbocycles. The van der Waals surface area contributed by atoms with Crippen molar-refractivity contribution in [1.29, 1.82) is 0 Å². The summed E-state index contributed by atoms with van der Waals surface area (Å²) in [7, 11) is 1.42. The maximum absolute atomic E-state index is 13.1. The molecule has 1 N–H and O–H groups in total. The Balaban J connectivity index is 1.47. The van der Waals surface area contributed by atoms with Crippen LogP contribution in [0.1, 0.15) is 11.1 Å². The summed E-state index contributed by atoms with van der Waals surface area (Å²) >= 11 is 12.1. The highest BCUT2D eigenvalue weighted by Crippen LogP contribution is 2.39. The Kier molecular flexibility index (Phi) is 8.29. The van der Waals surface area contributed by atoms with Crippen molar-refractivity contribution in [3.63, 3.8) is 0 Å². The molecule has 0 radical (unpaired) electrons. The van der Waals surface area contributed by atoms with Crippen LogP contribution in [0.25, 0.3) is 6.08 Å². The van der Waals surface area contributed by atoms with Crippen LogP contribution in [0.15, 0.2) is 71.6 Å². The lowest BCUT2D eigenvalue weighted by Crippen LogP contribution is -2.27. The molecule has 1 saturated heterocycles. The van der Waals surface area contributed by atoms with Gasteiger partial charge in [-0.05, 0) is 66.2 Å². The smallest absolute Gasteiger partial charge is 0.416 e. The zero-order chi connectivity index (χ0) is 27.4. The predicted octanol–water partition coefficient (Wildman–Crippen LogP) is 6.79. The number of methoxy groups -OCH3 is 1. The number of hydrogen-bond donors (Lipinski definition) is 1. The van der Waals surface area contributed by atoms with E-state index >= 15 is 0 Å². The van der Waals surface area contributed by atoms with Gasteiger partial charge in [0.25, 0.3) is 11.8 Å². The lowest BCUT2D eigenvalue weighted by molar-refractivity contribution is -0.137. The van der Waals surface area contributed by atoms with Crippen molar-refractivity contribution in [2.45, 2.75) is 6.18 Å². The van der Waals surface area contributed by atoms with Gasteiger partial charge in [0.1, 0.15) is 0 Å². The van der Waals surface area contributed by atoms with E-state index in [0.717, 1.165) is 28.8 Å². The number of thiocarbonyl (C=S) groups is 1. The summed E-state index contributed by atoms with van der Waals surface area (Å²) in [5.74, 6) is -0.326. The number of nitrogens with zero attached hydrogens (tertiary/aromatic N) is 1. The largest absolute Gasteiger partial charge is 0.493 e. The molecule has 6 nitrogen and oxygen atoms in total. The van der Waals surface area contributed by atoms with Crippen molar-refractivity contribution in [1.82, 2.24) is 0 Å². The maximum Gasteiger partial charge on any atom is 0.416 e. The minimum absolute atomic E-state index is 0.0314. The number of amides is 2. The summed E-state index contributed by atoms with van der Waals surface area (Å²) in [5.41, 5.74) is 0.274. The first-order chi connectivity index (χ1) is 18.0. The van der Waals surface area contributed by atoms with Crippen LogP contribution in [0.3, 0.4) is 0 Å². The van der Waals surface area contributed by atoms with E-state index in [2.05, 4.69) is 5.32 Å². The fourth-order valence-corrected chi connectivity index (χ4v) is 4.85. The Bertz CT molecular complexity index is 1430. The number of halogens is 4. The van der Waals surface area contributed by atoms with Crippen LogP contribution in [0.4, 0.5) is 24.5 Å². The summed E-state index contributed by atoms with van der Waals surface area (Å²) in [6.45, 7) is -0.284. The molecule has 0 unspecified atom stereocenters. The third kappa shape index (κ3) is 6.47. The lowest BCUT2D eigenvalue weighted by Gasteiger charge is -2.16. The molecule has 1 fully saturated rings. The van der Waals surface area contributed by atoms with E-state index in [0.29, 0.717) is 27.8 Å². The minimum atomic E-state index is -4.55. The molecule has 3 aromatic rings. The van der Waals surface area contributed by atoms with Crippen molar-refractivity contribution in [2.75, 3.05) is 23.9 Å². The Hall–Kier alpha value is -3.54. The van der Waals surface area contributed by atoms with Gasteiger partial charge in [-0.2, -0.15) is 13.2 Å². The van der Waals surface area contributed by atoms with Gasteiger partial charge in [-0.25, -0.2) is 0 Å². The van der Waals surface area contributed by atoms with Gasteiger partial charge in [-0.3, -0.25) is 14.5 Å². The van der Waals surface area contributed by atoms with E-state index in [1.165, 1.54) is 19.2 Å². The number of ether oxygens (including phenoxy) is 2. The van der Waals surface area contributed by atoms with Crippen LogP contribution < -0.4 is 19.7 Å². The summed E-state index contributed by atoms with van der Waals surface area (Å²) in [5, 5.41) is 3.23. The van der Waals surface area contributed by atoms with E-state index in [1.807, 2.05) is 0 Å². The fourth-order valence-electron chi connectivity index (χ4n) is 3.43. The molecule has 12 heteroatoms. The van der Waals surface area contributed by atoms with Gasteiger partial charge in [-0.15, -0.1) is 0 Å². The molecule has 2 amide bonds. The minimum Gasteiger partial charge on any atom is -0.493 e. The number of anilines is 2. The van der Waals surface area contributed by atoms with Crippen molar-refractivity contribution in [2.24, 2.45) is 0 Å². The first kappa shape index (κ1) is 27.5. The average molecular weight is 579 g/mol. The quantitative estimate of drug-likeness (QED) is 0.246. The van der Waals surface area contributed by atoms with Gasteiger partial charge < -0.3 is 14.8 Å². The maximum atomic E-state index is 13.1. The highest BCUT2D eigenvalue weighted by atomic mass is 35.5. The number of nitrogens with one attached hydrogen (secondary N) is 1. The SMILES string of the molecule is COc1cc(/C=C2\SC(=S)N(c3cccc(C(F)(F)F)c3)C2=O)ccc1OCC(=O)Nc1ccc(Cl)cc1. The molecular formula is C26H18ClF3N2O4S2.